The molecule has 1 aromatic carbocycles. The van der Waals surface area contributed by atoms with Crippen LogP contribution in [0.5, 0.6) is 11.6 Å². The largest absolute Gasteiger partial charge is 0.434 e. The van der Waals surface area contributed by atoms with Crippen molar-refractivity contribution in [1.82, 2.24) is 9.97 Å². The van der Waals surface area contributed by atoms with Gasteiger partial charge in [-0.2, -0.15) is 4.98 Å². The Morgan fingerprint density at radius 2 is 1.96 bits per heavy atom. The first-order valence-electron chi connectivity index (χ1n) is 8.74. The Bertz CT molecular complexity index is 733. The maximum absolute atomic E-state index is 11.7. The second-order valence-electron chi connectivity index (χ2n) is 6.11. The van der Waals surface area contributed by atoms with E-state index in [-0.39, 0.29) is 11.6 Å². The van der Waals surface area contributed by atoms with Crippen molar-refractivity contribution in [3.63, 3.8) is 0 Å². The zero-order chi connectivity index (χ0) is 18.4. The number of nitro groups is 1. The van der Waals surface area contributed by atoms with Gasteiger partial charge in [0.25, 0.3) is 0 Å². The third kappa shape index (κ3) is 4.26. The molecule has 3 rings (SSSR count). The van der Waals surface area contributed by atoms with Crippen LogP contribution in [-0.4, -0.2) is 41.2 Å². The molecule has 8 heteroatoms. The lowest BCUT2D eigenvalue weighted by Crippen LogP contribution is -2.36. The van der Waals surface area contributed by atoms with Gasteiger partial charge in [0.2, 0.25) is 5.82 Å². The number of piperidine rings is 1. The van der Waals surface area contributed by atoms with Gasteiger partial charge in [-0.15, -0.1) is 0 Å². The molecule has 0 aliphatic carbocycles. The van der Waals surface area contributed by atoms with Crippen molar-refractivity contribution in [3.05, 3.63) is 46.8 Å². The standard InChI is InChI=1S/C18H22N4O4/c1-2-25-12-14-8-10-21(11-9-14)17-16(22(23)24)18(20-13-19-17)26-15-6-4-3-5-7-15/h3-7,13-14H,2,8-12H2,1H3. The number of rotatable bonds is 7. The molecule has 0 amide bonds. The molecule has 2 aromatic rings. The number of para-hydroxylation sites is 1. The summed E-state index contributed by atoms with van der Waals surface area (Å²) in [5.41, 5.74) is -0.195. The highest BCUT2D eigenvalue weighted by molar-refractivity contribution is 5.63. The first kappa shape index (κ1) is 18.1. The average Bonchev–Trinajstić information content (AvgIpc) is 2.67. The van der Waals surface area contributed by atoms with Gasteiger partial charge >= 0.3 is 11.6 Å². The molecule has 0 unspecified atom stereocenters. The fraction of sp³-hybridized carbons (Fsp3) is 0.444. The summed E-state index contributed by atoms with van der Waals surface area (Å²) in [5, 5.41) is 11.7. The van der Waals surface area contributed by atoms with Crippen molar-refractivity contribution < 1.29 is 14.4 Å². The molecule has 0 N–H and O–H groups in total. The molecule has 1 aliphatic rings. The minimum atomic E-state index is -0.472. The number of hydrogen-bond donors (Lipinski definition) is 0. The van der Waals surface area contributed by atoms with Crippen LogP contribution in [-0.2, 0) is 4.74 Å². The Labute approximate surface area is 151 Å². The van der Waals surface area contributed by atoms with Gasteiger partial charge in [-0.1, -0.05) is 18.2 Å². The van der Waals surface area contributed by atoms with Crippen LogP contribution in [0.4, 0.5) is 11.5 Å². The van der Waals surface area contributed by atoms with E-state index in [1.165, 1.54) is 6.33 Å². The minimum absolute atomic E-state index is 0.0392. The number of ether oxygens (including phenoxy) is 2. The summed E-state index contributed by atoms with van der Waals surface area (Å²) in [4.78, 5) is 21.3. The summed E-state index contributed by atoms with van der Waals surface area (Å²) < 4.78 is 11.1. The smallest absolute Gasteiger partial charge is 0.373 e. The molecule has 8 nitrogen and oxygen atoms in total. The van der Waals surface area contributed by atoms with Gasteiger partial charge in [0.1, 0.15) is 12.1 Å². The zero-order valence-electron chi connectivity index (χ0n) is 14.7. The highest BCUT2D eigenvalue weighted by Crippen LogP contribution is 2.37. The summed E-state index contributed by atoms with van der Waals surface area (Å²) in [5.74, 6) is 1.25. The Morgan fingerprint density at radius 3 is 2.62 bits per heavy atom. The summed E-state index contributed by atoms with van der Waals surface area (Å²) in [6, 6.07) is 8.90. The number of aromatic nitrogens is 2. The van der Waals surface area contributed by atoms with Crippen LogP contribution in [0.1, 0.15) is 19.8 Å². The van der Waals surface area contributed by atoms with Crippen LogP contribution in [0.2, 0.25) is 0 Å². The van der Waals surface area contributed by atoms with Gasteiger partial charge in [-0.05, 0) is 37.8 Å². The molecule has 0 atom stereocenters. The fourth-order valence-electron chi connectivity index (χ4n) is 3.02. The molecule has 1 saturated heterocycles. The lowest BCUT2D eigenvalue weighted by Gasteiger charge is -2.32. The lowest BCUT2D eigenvalue weighted by molar-refractivity contribution is -0.385. The Morgan fingerprint density at radius 1 is 1.23 bits per heavy atom. The minimum Gasteiger partial charge on any atom is -0.434 e. The fourth-order valence-corrected chi connectivity index (χ4v) is 3.02. The molecule has 1 aromatic heterocycles. The number of hydrogen-bond acceptors (Lipinski definition) is 7. The molecular formula is C18H22N4O4. The number of nitrogens with zero attached hydrogens (tertiary/aromatic N) is 4. The summed E-state index contributed by atoms with van der Waals surface area (Å²) >= 11 is 0. The molecule has 0 spiro atoms. The monoisotopic (exact) mass is 358 g/mol. The van der Waals surface area contributed by atoms with Crippen molar-refractivity contribution in [2.24, 2.45) is 5.92 Å². The average molecular weight is 358 g/mol. The summed E-state index contributed by atoms with van der Waals surface area (Å²) in [7, 11) is 0. The van der Waals surface area contributed by atoms with Crippen LogP contribution in [0.3, 0.4) is 0 Å². The topological polar surface area (TPSA) is 90.6 Å². The van der Waals surface area contributed by atoms with E-state index in [9.17, 15) is 10.1 Å². The summed E-state index contributed by atoms with van der Waals surface area (Å²) in [6.07, 6.45) is 3.14. The van der Waals surface area contributed by atoms with E-state index in [4.69, 9.17) is 9.47 Å². The number of benzene rings is 1. The molecule has 0 saturated carbocycles. The van der Waals surface area contributed by atoms with E-state index >= 15 is 0 Å². The molecule has 2 heterocycles. The SMILES string of the molecule is CCOCC1CCN(c2ncnc(Oc3ccccc3)c2[N+](=O)[O-])CC1. The van der Waals surface area contributed by atoms with Gasteiger partial charge in [-0.25, -0.2) is 4.98 Å². The quantitative estimate of drug-likeness (QED) is 0.553. The van der Waals surface area contributed by atoms with Gasteiger partial charge < -0.3 is 14.4 Å². The van der Waals surface area contributed by atoms with Gasteiger partial charge in [-0.3, -0.25) is 10.1 Å². The van der Waals surface area contributed by atoms with E-state index < -0.39 is 4.92 Å². The highest BCUT2D eigenvalue weighted by Gasteiger charge is 2.31. The van der Waals surface area contributed by atoms with E-state index in [0.29, 0.717) is 37.2 Å². The van der Waals surface area contributed by atoms with Gasteiger partial charge in [0, 0.05) is 26.3 Å². The predicted molar refractivity (Wildman–Crippen MR) is 96.6 cm³/mol. The van der Waals surface area contributed by atoms with Crippen molar-refractivity contribution in [3.8, 4) is 11.6 Å². The normalized spacial score (nSPS) is 15.0. The van der Waals surface area contributed by atoms with E-state index in [1.807, 2.05) is 17.9 Å². The Hall–Kier alpha value is -2.74. The van der Waals surface area contributed by atoms with Gasteiger partial charge in [0.05, 0.1) is 4.92 Å². The first-order chi connectivity index (χ1) is 12.7. The second-order valence-corrected chi connectivity index (χ2v) is 6.11. The Kier molecular flexibility index (Phi) is 5.96. The maximum Gasteiger partial charge on any atom is 0.373 e. The molecule has 1 fully saturated rings. The van der Waals surface area contributed by atoms with Crippen molar-refractivity contribution in [2.75, 3.05) is 31.2 Å². The van der Waals surface area contributed by atoms with E-state index in [2.05, 4.69) is 9.97 Å². The molecule has 138 valence electrons. The van der Waals surface area contributed by atoms with Crippen LogP contribution in [0, 0.1) is 16.0 Å². The van der Waals surface area contributed by atoms with Crippen LogP contribution in [0.15, 0.2) is 36.7 Å². The van der Waals surface area contributed by atoms with E-state index in [1.54, 1.807) is 24.3 Å². The van der Waals surface area contributed by atoms with Crippen molar-refractivity contribution >= 4 is 11.5 Å². The first-order valence-corrected chi connectivity index (χ1v) is 8.74. The highest BCUT2D eigenvalue weighted by atomic mass is 16.6. The summed E-state index contributed by atoms with van der Waals surface area (Å²) in [6.45, 7) is 4.81. The molecule has 26 heavy (non-hydrogen) atoms. The molecule has 0 bridgehead atoms. The molecule has 0 radical (unpaired) electrons. The lowest BCUT2D eigenvalue weighted by atomic mass is 9.98. The van der Waals surface area contributed by atoms with Crippen molar-refractivity contribution in [1.29, 1.82) is 0 Å². The third-order valence-electron chi connectivity index (χ3n) is 4.38. The molecular weight excluding hydrogens is 336 g/mol. The van der Waals surface area contributed by atoms with E-state index in [0.717, 1.165) is 19.4 Å². The van der Waals surface area contributed by atoms with Crippen LogP contribution < -0.4 is 9.64 Å². The van der Waals surface area contributed by atoms with Crippen molar-refractivity contribution in [2.45, 2.75) is 19.8 Å². The second kappa shape index (κ2) is 8.57. The van der Waals surface area contributed by atoms with Crippen LogP contribution in [0.25, 0.3) is 0 Å². The maximum atomic E-state index is 11.7. The third-order valence-corrected chi connectivity index (χ3v) is 4.38. The predicted octanol–water partition coefficient (Wildman–Crippen LogP) is 3.43. The number of anilines is 1. The van der Waals surface area contributed by atoms with Crippen LogP contribution >= 0.6 is 0 Å². The zero-order valence-corrected chi connectivity index (χ0v) is 14.7. The van der Waals surface area contributed by atoms with Gasteiger partial charge in [0.15, 0.2) is 0 Å². The molecule has 1 aliphatic heterocycles. The Balaban J connectivity index is 1.79.